The predicted octanol–water partition coefficient (Wildman–Crippen LogP) is 4.78. The van der Waals surface area contributed by atoms with E-state index in [1.165, 1.54) is 0 Å². The van der Waals surface area contributed by atoms with Crippen molar-refractivity contribution in [3.8, 4) is 17.0 Å². The lowest BCUT2D eigenvalue weighted by atomic mass is 10.1. The number of hydrazone groups is 1. The number of H-pyrrole nitrogens is 1. The molecule has 4 rings (SSSR count). The van der Waals surface area contributed by atoms with E-state index in [2.05, 4.69) is 45.8 Å². The number of carbonyl (C=O) groups is 1. The third-order valence-electron chi connectivity index (χ3n) is 4.60. The van der Waals surface area contributed by atoms with Crippen molar-refractivity contribution >= 4 is 22.9 Å². The van der Waals surface area contributed by atoms with Gasteiger partial charge >= 0.3 is 0 Å². The Labute approximate surface area is 174 Å². The first-order valence-electron chi connectivity index (χ1n) is 9.84. The Morgan fingerprint density at radius 1 is 1.07 bits per heavy atom. The molecule has 3 aromatic carbocycles. The van der Waals surface area contributed by atoms with E-state index in [4.69, 9.17) is 4.74 Å². The minimum Gasteiger partial charge on any atom is -0.494 e. The topological polar surface area (TPSA) is 79.4 Å². The average Bonchev–Trinajstić information content (AvgIpc) is 3.29. The molecule has 0 aliphatic carbocycles. The Kier molecular flexibility index (Phi) is 5.85. The number of ether oxygens (including phenoxy) is 1. The van der Waals surface area contributed by atoms with Crippen LogP contribution in [0.5, 0.6) is 5.75 Å². The maximum atomic E-state index is 12.3. The molecule has 6 heteroatoms. The molecule has 0 spiro atoms. The Morgan fingerprint density at radius 3 is 2.67 bits per heavy atom. The number of aromatic amines is 1. The zero-order valence-electron chi connectivity index (χ0n) is 16.6. The molecule has 0 bridgehead atoms. The quantitative estimate of drug-likeness (QED) is 0.347. The lowest BCUT2D eigenvalue weighted by Crippen LogP contribution is -2.17. The molecular weight excluding hydrogens is 376 g/mol. The Morgan fingerprint density at radius 2 is 1.87 bits per heavy atom. The summed E-state index contributed by atoms with van der Waals surface area (Å²) in [4.78, 5) is 12.3. The summed E-state index contributed by atoms with van der Waals surface area (Å²) in [6.07, 6.45) is 2.55. The van der Waals surface area contributed by atoms with E-state index >= 15 is 0 Å². The first-order valence-corrected chi connectivity index (χ1v) is 9.84. The summed E-state index contributed by atoms with van der Waals surface area (Å²) in [6.45, 7) is 2.75. The van der Waals surface area contributed by atoms with Gasteiger partial charge in [0.15, 0.2) is 0 Å². The predicted molar refractivity (Wildman–Crippen MR) is 119 cm³/mol. The summed E-state index contributed by atoms with van der Waals surface area (Å²) in [5, 5.41) is 13.3. The Balaban J connectivity index is 1.39. The van der Waals surface area contributed by atoms with Crippen molar-refractivity contribution < 1.29 is 9.53 Å². The van der Waals surface area contributed by atoms with Gasteiger partial charge in [-0.3, -0.25) is 9.89 Å². The fourth-order valence-electron chi connectivity index (χ4n) is 3.03. The lowest BCUT2D eigenvalue weighted by molar-refractivity contribution is 0.0950. The van der Waals surface area contributed by atoms with Gasteiger partial charge in [-0.1, -0.05) is 43.3 Å². The van der Waals surface area contributed by atoms with Gasteiger partial charge in [0, 0.05) is 5.56 Å². The van der Waals surface area contributed by atoms with Crippen LogP contribution in [0.3, 0.4) is 0 Å². The maximum Gasteiger partial charge on any atom is 0.289 e. The summed E-state index contributed by atoms with van der Waals surface area (Å²) in [7, 11) is 0. The molecular formula is C24H22N4O2. The summed E-state index contributed by atoms with van der Waals surface area (Å²) in [6, 6.07) is 23.5. The van der Waals surface area contributed by atoms with E-state index in [9.17, 15) is 4.79 Å². The fraction of sp³-hybridized carbons (Fsp3) is 0.125. The van der Waals surface area contributed by atoms with Crippen LogP contribution < -0.4 is 10.2 Å². The first kappa shape index (κ1) is 19.4. The highest BCUT2D eigenvalue weighted by molar-refractivity contribution is 5.94. The molecule has 0 aliphatic heterocycles. The van der Waals surface area contributed by atoms with Crippen LogP contribution in [-0.4, -0.2) is 28.9 Å². The molecule has 1 heterocycles. The third kappa shape index (κ3) is 4.55. The maximum absolute atomic E-state index is 12.3. The highest BCUT2D eigenvalue weighted by Crippen LogP contribution is 2.23. The van der Waals surface area contributed by atoms with Gasteiger partial charge in [-0.15, -0.1) is 0 Å². The fourth-order valence-corrected chi connectivity index (χ4v) is 3.03. The van der Waals surface area contributed by atoms with Crippen molar-refractivity contribution in [2.24, 2.45) is 5.10 Å². The molecule has 0 fully saturated rings. The normalized spacial score (nSPS) is 11.1. The standard InChI is InChI=1S/C24H22N4O2/c1-2-13-30-21-11-7-17(8-12-21)16-25-28-24(29)23-15-22(26-27-23)20-10-9-18-5-3-4-6-19(18)14-20/h3-12,14-16H,2,13H2,1H3,(H,26,27)(H,28,29)/b25-16-. The summed E-state index contributed by atoms with van der Waals surface area (Å²) < 4.78 is 5.55. The number of nitrogens with one attached hydrogen (secondary N) is 2. The van der Waals surface area contributed by atoms with Gasteiger partial charge in [0.1, 0.15) is 11.4 Å². The summed E-state index contributed by atoms with van der Waals surface area (Å²) >= 11 is 0. The molecule has 0 saturated heterocycles. The second-order valence-electron chi connectivity index (χ2n) is 6.85. The Hall–Kier alpha value is -3.93. The number of benzene rings is 3. The van der Waals surface area contributed by atoms with Gasteiger partial charge in [0.25, 0.3) is 5.91 Å². The van der Waals surface area contributed by atoms with Crippen molar-refractivity contribution in [1.82, 2.24) is 15.6 Å². The lowest BCUT2D eigenvalue weighted by Gasteiger charge is -2.03. The molecule has 2 N–H and O–H groups in total. The molecule has 0 aliphatic rings. The van der Waals surface area contributed by atoms with Crippen molar-refractivity contribution in [1.29, 1.82) is 0 Å². The number of amides is 1. The van der Waals surface area contributed by atoms with Crippen molar-refractivity contribution in [3.05, 3.63) is 84.1 Å². The van der Waals surface area contributed by atoms with Crippen LogP contribution in [0, 0.1) is 0 Å². The number of nitrogens with zero attached hydrogens (tertiary/aromatic N) is 2. The molecule has 0 atom stereocenters. The van der Waals surface area contributed by atoms with E-state index in [-0.39, 0.29) is 5.91 Å². The highest BCUT2D eigenvalue weighted by atomic mass is 16.5. The zero-order chi connectivity index (χ0) is 20.8. The second-order valence-corrected chi connectivity index (χ2v) is 6.85. The van der Waals surface area contributed by atoms with E-state index in [1.807, 2.05) is 48.5 Å². The van der Waals surface area contributed by atoms with Crippen LogP contribution in [0.15, 0.2) is 77.9 Å². The summed E-state index contributed by atoms with van der Waals surface area (Å²) in [5.74, 6) is 0.463. The molecule has 0 unspecified atom stereocenters. The second kappa shape index (κ2) is 9.05. The molecule has 1 aromatic heterocycles. The van der Waals surface area contributed by atoms with Crippen LogP contribution >= 0.6 is 0 Å². The van der Waals surface area contributed by atoms with Gasteiger partial charge in [-0.05, 0) is 59.2 Å². The molecule has 30 heavy (non-hydrogen) atoms. The monoisotopic (exact) mass is 398 g/mol. The third-order valence-corrected chi connectivity index (χ3v) is 4.60. The van der Waals surface area contributed by atoms with E-state index in [1.54, 1.807) is 12.3 Å². The summed E-state index contributed by atoms with van der Waals surface area (Å²) in [5.41, 5.74) is 5.37. The highest BCUT2D eigenvalue weighted by Gasteiger charge is 2.10. The number of carbonyl (C=O) groups excluding carboxylic acids is 1. The zero-order valence-corrected chi connectivity index (χ0v) is 16.6. The molecule has 4 aromatic rings. The van der Waals surface area contributed by atoms with Gasteiger partial charge in [-0.2, -0.15) is 10.2 Å². The minimum absolute atomic E-state index is 0.346. The molecule has 6 nitrogen and oxygen atoms in total. The molecule has 0 radical (unpaired) electrons. The van der Waals surface area contributed by atoms with Crippen molar-refractivity contribution in [2.75, 3.05) is 6.61 Å². The number of aromatic nitrogens is 2. The van der Waals surface area contributed by atoms with Crippen LogP contribution in [0.25, 0.3) is 22.0 Å². The number of hydrogen-bond donors (Lipinski definition) is 2. The van der Waals surface area contributed by atoms with Crippen LogP contribution in [0.2, 0.25) is 0 Å². The van der Waals surface area contributed by atoms with Crippen molar-refractivity contribution in [3.63, 3.8) is 0 Å². The van der Waals surface area contributed by atoms with Crippen LogP contribution in [0.1, 0.15) is 29.4 Å². The van der Waals surface area contributed by atoms with Gasteiger partial charge in [0.05, 0.1) is 18.5 Å². The number of hydrogen-bond acceptors (Lipinski definition) is 4. The molecule has 0 saturated carbocycles. The largest absolute Gasteiger partial charge is 0.494 e. The van der Waals surface area contributed by atoms with Crippen molar-refractivity contribution in [2.45, 2.75) is 13.3 Å². The number of fused-ring (bicyclic) bond motifs is 1. The van der Waals surface area contributed by atoms with Gasteiger partial charge in [-0.25, -0.2) is 5.43 Å². The minimum atomic E-state index is -0.353. The first-order chi connectivity index (χ1) is 14.7. The molecule has 150 valence electrons. The SMILES string of the molecule is CCCOc1ccc(/C=N\NC(=O)c2cc(-c3ccc4ccccc4c3)n[nH]2)cc1. The number of rotatable bonds is 7. The van der Waals surface area contributed by atoms with E-state index in [0.717, 1.165) is 34.1 Å². The molecule has 1 amide bonds. The smallest absolute Gasteiger partial charge is 0.289 e. The van der Waals surface area contributed by atoms with Crippen LogP contribution in [0.4, 0.5) is 0 Å². The van der Waals surface area contributed by atoms with Gasteiger partial charge in [0.2, 0.25) is 0 Å². The van der Waals surface area contributed by atoms with Gasteiger partial charge < -0.3 is 4.74 Å². The van der Waals surface area contributed by atoms with Crippen LogP contribution in [-0.2, 0) is 0 Å². The average molecular weight is 398 g/mol. The van der Waals surface area contributed by atoms with E-state index < -0.39 is 0 Å². The van der Waals surface area contributed by atoms with E-state index in [0.29, 0.717) is 18.0 Å². The Bertz CT molecular complexity index is 1180.